The lowest BCUT2D eigenvalue weighted by molar-refractivity contribution is 0.0949. The largest absolute Gasteiger partial charge is 0.292 e. The highest BCUT2D eigenvalue weighted by Crippen LogP contribution is 2.14. The van der Waals surface area contributed by atoms with Crippen LogP contribution in [0.4, 0.5) is 0 Å². The average Bonchev–Trinajstić information content (AvgIpc) is 2.80. The van der Waals surface area contributed by atoms with Gasteiger partial charge in [-0.25, -0.2) is 10.1 Å². The Kier molecular flexibility index (Phi) is 5.71. The van der Waals surface area contributed by atoms with E-state index >= 15 is 0 Å². The molecule has 0 spiro atoms. The molecule has 1 N–H and O–H groups in total. The highest BCUT2D eigenvalue weighted by atomic mass is 16.2. The number of hydrogen-bond donors (Lipinski definition) is 1. The van der Waals surface area contributed by atoms with Gasteiger partial charge < -0.3 is 0 Å². The van der Waals surface area contributed by atoms with Crippen molar-refractivity contribution in [1.29, 1.82) is 0 Å². The summed E-state index contributed by atoms with van der Waals surface area (Å²) < 4.78 is 1.32. The molecule has 154 valence electrons. The number of nitrogens with one attached hydrogen (secondary N) is 1. The molecular formula is C25H22N4O2. The molecule has 1 aromatic heterocycles. The van der Waals surface area contributed by atoms with E-state index in [-0.39, 0.29) is 17.8 Å². The molecular weight excluding hydrogens is 388 g/mol. The van der Waals surface area contributed by atoms with Gasteiger partial charge in [0.05, 0.1) is 17.6 Å². The molecule has 0 saturated heterocycles. The van der Waals surface area contributed by atoms with Crippen molar-refractivity contribution in [1.82, 2.24) is 15.2 Å². The maximum atomic E-state index is 13.0. The van der Waals surface area contributed by atoms with Gasteiger partial charge in [0.2, 0.25) is 0 Å². The third-order valence-corrected chi connectivity index (χ3v) is 5.05. The summed E-state index contributed by atoms with van der Waals surface area (Å²) in [5.74, 6) is -0.468. The van der Waals surface area contributed by atoms with Crippen molar-refractivity contribution in [3.8, 4) is 0 Å². The summed E-state index contributed by atoms with van der Waals surface area (Å²) in [5, 5.41) is 9.55. The molecule has 0 radical (unpaired) electrons. The Morgan fingerprint density at radius 3 is 2.29 bits per heavy atom. The number of benzene rings is 3. The summed E-state index contributed by atoms with van der Waals surface area (Å²) in [6.45, 7) is 4.11. The zero-order valence-corrected chi connectivity index (χ0v) is 17.4. The number of hydrogen-bond acceptors (Lipinski definition) is 4. The van der Waals surface area contributed by atoms with Crippen molar-refractivity contribution in [2.24, 2.45) is 5.10 Å². The number of nitrogens with zero attached hydrogens (tertiary/aromatic N) is 3. The normalized spacial score (nSPS) is 11.5. The van der Waals surface area contributed by atoms with E-state index in [1.165, 1.54) is 4.68 Å². The number of hydrazone groups is 1. The van der Waals surface area contributed by atoms with E-state index in [0.717, 1.165) is 16.7 Å². The van der Waals surface area contributed by atoms with Gasteiger partial charge in [-0.2, -0.15) is 10.2 Å². The summed E-state index contributed by atoms with van der Waals surface area (Å²) in [6.07, 6.45) is 0. The first-order valence-electron chi connectivity index (χ1n) is 9.98. The van der Waals surface area contributed by atoms with Crippen LogP contribution in [0.5, 0.6) is 0 Å². The second-order valence-electron chi connectivity index (χ2n) is 7.35. The van der Waals surface area contributed by atoms with Crippen LogP contribution in [0.1, 0.15) is 34.1 Å². The van der Waals surface area contributed by atoms with Gasteiger partial charge in [0.1, 0.15) is 0 Å². The monoisotopic (exact) mass is 410 g/mol. The lowest BCUT2D eigenvalue weighted by Gasteiger charge is -2.10. The van der Waals surface area contributed by atoms with Crippen molar-refractivity contribution in [2.45, 2.75) is 20.4 Å². The van der Waals surface area contributed by atoms with E-state index in [0.29, 0.717) is 16.5 Å². The molecule has 0 fully saturated rings. The number of aromatic nitrogens is 2. The van der Waals surface area contributed by atoms with Crippen molar-refractivity contribution in [3.63, 3.8) is 0 Å². The van der Waals surface area contributed by atoms with Crippen LogP contribution in [0.2, 0.25) is 0 Å². The fourth-order valence-electron chi connectivity index (χ4n) is 3.31. The molecule has 4 rings (SSSR count). The van der Waals surface area contributed by atoms with E-state index in [1.807, 2.05) is 68.4 Å². The number of carbonyl (C=O) groups excluding carboxylic acids is 1. The molecule has 0 aliphatic heterocycles. The van der Waals surface area contributed by atoms with Crippen LogP contribution < -0.4 is 11.0 Å². The summed E-state index contributed by atoms with van der Waals surface area (Å²) in [6, 6.07) is 24.4. The topological polar surface area (TPSA) is 76.3 Å². The van der Waals surface area contributed by atoms with Gasteiger partial charge in [0.15, 0.2) is 5.69 Å². The Labute approximate surface area is 179 Å². The third kappa shape index (κ3) is 4.43. The van der Waals surface area contributed by atoms with Crippen molar-refractivity contribution in [3.05, 3.63) is 112 Å². The van der Waals surface area contributed by atoms with Gasteiger partial charge in [0, 0.05) is 5.39 Å². The van der Waals surface area contributed by atoms with Crippen LogP contribution in [-0.4, -0.2) is 21.4 Å². The van der Waals surface area contributed by atoms with E-state index < -0.39 is 5.91 Å². The quantitative estimate of drug-likeness (QED) is 0.400. The minimum absolute atomic E-state index is 0.159. The molecule has 6 heteroatoms. The van der Waals surface area contributed by atoms with Crippen LogP contribution in [0.15, 0.2) is 88.8 Å². The Morgan fingerprint density at radius 1 is 0.935 bits per heavy atom. The molecule has 6 nitrogen and oxygen atoms in total. The maximum absolute atomic E-state index is 13.0. The minimum Gasteiger partial charge on any atom is -0.267 e. The fourth-order valence-corrected chi connectivity index (χ4v) is 3.31. The molecule has 0 unspecified atom stereocenters. The molecule has 1 heterocycles. The van der Waals surface area contributed by atoms with Gasteiger partial charge in [-0.15, -0.1) is 0 Å². The number of rotatable bonds is 5. The maximum Gasteiger partial charge on any atom is 0.292 e. The third-order valence-electron chi connectivity index (χ3n) is 5.05. The van der Waals surface area contributed by atoms with Gasteiger partial charge in [-0.1, -0.05) is 78.4 Å². The number of fused-ring (bicyclic) bond motifs is 1. The number of aryl methyl sites for hydroxylation is 1. The Morgan fingerprint density at radius 2 is 1.58 bits per heavy atom. The van der Waals surface area contributed by atoms with Crippen molar-refractivity contribution in [2.75, 3.05) is 0 Å². The minimum atomic E-state index is -0.468. The van der Waals surface area contributed by atoms with Gasteiger partial charge in [0.25, 0.3) is 11.5 Å². The first-order valence-corrected chi connectivity index (χ1v) is 9.98. The predicted octanol–water partition coefficient (Wildman–Crippen LogP) is 3.91. The van der Waals surface area contributed by atoms with E-state index in [9.17, 15) is 9.59 Å². The number of carbonyl (C=O) groups is 1. The number of amides is 1. The first-order chi connectivity index (χ1) is 15.0. The van der Waals surface area contributed by atoms with Gasteiger partial charge in [-0.05, 0) is 31.0 Å². The summed E-state index contributed by atoms with van der Waals surface area (Å²) >= 11 is 0. The van der Waals surface area contributed by atoms with Crippen LogP contribution in [0.3, 0.4) is 0 Å². The molecule has 0 bridgehead atoms. The smallest absolute Gasteiger partial charge is 0.267 e. The highest BCUT2D eigenvalue weighted by molar-refractivity contribution is 6.06. The summed E-state index contributed by atoms with van der Waals surface area (Å²) in [5.41, 5.74) is 6.17. The van der Waals surface area contributed by atoms with Gasteiger partial charge >= 0.3 is 0 Å². The van der Waals surface area contributed by atoms with Crippen molar-refractivity contribution < 1.29 is 4.79 Å². The van der Waals surface area contributed by atoms with E-state index in [2.05, 4.69) is 15.6 Å². The molecule has 0 aliphatic carbocycles. The van der Waals surface area contributed by atoms with Crippen LogP contribution in [0.25, 0.3) is 10.8 Å². The Hall–Kier alpha value is -4.06. The molecule has 1 amide bonds. The zero-order chi connectivity index (χ0) is 21.8. The van der Waals surface area contributed by atoms with Crippen LogP contribution in [-0.2, 0) is 6.54 Å². The average molecular weight is 410 g/mol. The van der Waals surface area contributed by atoms with Gasteiger partial charge in [-0.3, -0.25) is 9.59 Å². The molecule has 4 aromatic rings. The summed E-state index contributed by atoms with van der Waals surface area (Å²) in [4.78, 5) is 25.9. The fraction of sp³-hybridized carbons (Fsp3) is 0.120. The second-order valence-corrected chi connectivity index (χ2v) is 7.35. The van der Waals surface area contributed by atoms with E-state index in [4.69, 9.17) is 0 Å². The molecule has 0 aliphatic rings. The zero-order valence-electron chi connectivity index (χ0n) is 17.4. The Balaban J connectivity index is 1.69. The molecule has 3 aromatic carbocycles. The summed E-state index contributed by atoms with van der Waals surface area (Å²) in [7, 11) is 0. The Bertz CT molecular complexity index is 1320. The van der Waals surface area contributed by atoms with Crippen LogP contribution in [0, 0.1) is 6.92 Å². The predicted molar refractivity (Wildman–Crippen MR) is 122 cm³/mol. The molecule has 0 atom stereocenters. The molecule has 0 saturated carbocycles. The first kappa shape index (κ1) is 20.2. The van der Waals surface area contributed by atoms with Crippen molar-refractivity contribution >= 4 is 22.4 Å². The standard InChI is InChI=1S/C25H22N4O2/c1-17-12-14-20(15-13-17)18(2)26-27-24(30)23-21-10-6-7-11-22(21)25(31)29(28-23)16-19-8-4-3-5-9-19/h3-15H,16H2,1-2H3,(H,27,30)/b26-18-. The second kappa shape index (κ2) is 8.75. The molecule has 31 heavy (non-hydrogen) atoms. The highest BCUT2D eigenvalue weighted by Gasteiger charge is 2.16. The lowest BCUT2D eigenvalue weighted by atomic mass is 10.1. The SMILES string of the molecule is C/C(=N/NC(=O)c1nn(Cc2ccccc2)c(=O)c2ccccc12)c1ccc(C)cc1. The van der Waals surface area contributed by atoms with Crippen LogP contribution >= 0.6 is 0 Å². The lowest BCUT2D eigenvalue weighted by Crippen LogP contribution is -2.29. The van der Waals surface area contributed by atoms with E-state index in [1.54, 1.807) is 24.3 Å².